The van der Waals surface area contributed by atoms with E-state index >= 15 is 0 Å². The molecule has 84 valence electrons. The fourth-order valence-corrected chi connectivity index (χ4v) is 2.32. The molecule has 0 fully saturated rings. The molecule has 1 N–H and O–H groups in total. The molecule has 0 aliphatic rings. The minimum atomic E-state index is 0.415. The maximum absolute atomic E-state index is 5.99. The van der Waals surface area contributed by atoms with Crippen molar-refractivity contribution in [1.29, 1.82) is 0 Å². The highest BCUT2D eigenvalue weighted by Crippen LogP contribution is 2.20. The molecule has 1 nitrogen and oxygen atoms in total. The monoisotopic (exact) mass is 243 g/mol. The molecule has 1 atom stereocenters. The first-order chi connectivity index (χ1) is 7.27. The van der Waals surface area contributed by atoms with E-state index in [1.54, 1.807) is 0 Å². The van der Waals surface area contributed by atoms with E-state index in [9.17, 15) is 0 Å². The lowest BCUT2D eigenvalue weighted by Crippen LogP contribution is -2.24. The van der Waals surface area contributed by atoms with Crippen LogP contribution in [-0.4, -0.2) is 18.6 Å². The van der Waals surface area contributed by atoms with Crippen LogP contribution in [0.5, 0.6) is 0 Å². The third-order valence-corrected chi connectivity index (χ3v) is 3.13. The predicted octanol–water partition coefficient (Wildman–Crippen LogP) is 3.74. The van der Waals surface area contributed by atoms with E-state index < -0.39 is 0 Å². The zero-order chi connectivity index (χ0) is 11.1. The number of benzene rings is 1. The normalized spacial score (nSPS) is 12.7. The van der Waals surface area contributed by atoms with Crippen LogP contribution in [0.4, 0.5) is 0 Å². The summed E-state index contributed by atoms with van der Waals surface area (Å²) in [6, 6.07) is 8.53. The van der Waals surface area contributed by atoms with Crippen LogP contribution < -0.4 is 5.32 Å². The molecular formula is C12H18ClNS. The van der Waals surface area contributed by atoms with Crippen molar-refractivity contribution < 1.29 is 0 Å². The van der Waals surface area contributed by atoms with Crippen molar-refractivity contribution in [3.8, 4) is 0 Å². The molecule has 1 rings (SSSR count). The number of rotatable bonds is 6. The zero-order valence-corrected chi connectivity index (χ0v) is 10.9. The second kappa shape index (κ2) is 7.15. The van der Waals surface area contributed by atoms with E-state index in [1.165, 1.54) is 5.56 Å². The zero-order valence-electron chi connectivity index (χ0n) is 9.29. The van der Waals surface area contributed by atoms with Gasteiger partial charge in [0.25, 0.3) is 0 Å². The summed E-state index contributed by atoms with van der Waals surface area (Å²) in [5.41, 5.74) is 1.28. The maximum Gasteiger partial charge on any atom is 0.0412 e. The highest BCUT2D eigenvalue weighted by atomic mass is 35.5. The Morgan fingerprint density at radius 3 is 2.87 bits per heavy atom. The van der Waals surface area contributed by atoms with Crippen molar-refractivity contribution in [2.45, 2.75) is 19.4 Å². The van der Waals surface area contributed by atoms with Gasteiger partial charge in [-0.25, -0.2) is 0 Å². The first-order valence-corrected chi connectivity index (χ1v) is 7.03. The highest BCUT2D eigenvalue weighted by Gasteiger charge is 2.09. The van der Waals surface area contributed by atoms with Gasteiger partial charge >= 0.3 is 0 Å². The molecule has 3 heteroatoms. The van der Waals surface area contributed by atoms with Gasteiger partial charge in [0.15, 0.2) is 0 Å². The van der Waals surface area contributed by atoms with Crippen molar-refractivity contribution >= 4 is 23.4 Å². The smallest absolute Gasteiger partial charge is 0.0412 e. The Morgan fingerprint density at radius 2 is 2.27 bits per heavy atom. The van der Waals surface area contributed by atoms with Gasteiger partial charge in [-0.2, -0.15) is 11.8 Å². The van der Waals surface area contributed by atoms with Gasteiger partial charge in [0.1, 0.15) is 0 Å². The van der Waals surface area contributed by atoms with Crippen molar-refractivity contribution in [3.63, 3.8) is 0 Å². The topological polar surface area (TPSA) is 12.0 Å². The molecular weight excluding hydrogens is 226 g/mol. The molecule has 0 saturated carbocycles. The molecule has 0 amide bonds. The van der Waals surface area contributed by atoms with Gasteiger partial charge < -0.3 is 5.32 Å². The van der Waals surface area contributed by atoms with Gasteiger partial charge in [0.2, 0.25) is 0 Å². The number of nitrogens with one attached hydrogen (secondary N) is 1. The van der Waals surface area contributed by atoms with Crippen molar-refractivity contribution in [2.75, 3.05) is 18.6 Å². The van der Waals surface area contributed by atoms with E-state index in [4.69, 9.17) is 11.6 Å². The van der Waals surface area contributed by atoms with Crippen molar-refractivity contribution in [3.05, 3.63) is 34.9 Å². The molecule has 0 radical (unpaired) electrons. The van der Waals surface area contributed by atoms with Gasteiger partial charge in [-0.3, -0.25) is 0 Å². The molecule has 0 bridgehead atoms. The van der Waals surface area contributed by atoms with Crippen LogP contribution in [0.1, 0.15) is 24.9 Å². The number of halogens is 1. The van der Waals surface area contributed by atoms with Crippen LogP contribution in [0.3, 0.4) is 0 Å². The van der Waals surface area contributed by atoms with Gasteiger partial charge in [-0.15, -0.1) is 0 Å². The summed E-state index contributed by atoms with van der Waals surface area (Å²) in [6.45, 7) is 3.23. The summed E-state index contributed by atoms with van der Waals surface area (Å²) in [6.07, 6.45) is 3.29. The Balaban J connectivity index is 2.69. The predicted molar refractivity (Wildman–Crippen MR) is 70.9 cm³/mol. The Bertz CT molecular complexity index is 291. The molecule has 0 aliphatic carbocycles. The molecule has 15 heavy (non-hydrogen) atoms. The molecule has 0 saturated heterocycles. The van der Waals surface area contributed by atoms with E-state index in [2.05, 4.69) is 24.6 Å². The van der Waals surface area contributed by atoms with E-state index in [0.29, 0.717) is 6.04 Å². The average Bonchev–Trinajstić information content (AvgIpc) is 2.24. The Hall–Kier alpha value is -0.180. The minimum Gasteiger partial charge on any atom is -0.309 e. The molecule has 1 aromatic carbocycles. The first kappa shape index (κ1) is 12.9. The second-order valence-electron chi connectivity index (χ2n) is 3.52. The van der Waals surface area contributed by atoms with Crippen LogP contribution in [0, 0.1) is 0 Å². The molecule has 0 spiro atoms. The summed E-state index contributed by atoms with van der Waals surface area (Å²) >= 11 is 7.84. The third-order valence-electron chi connectivity index (χ3n) is 2.23. The van der Waals surface area contributed by atoms with Crippen molar-refractivity contribution in [1.82, 2.24) is 5.32 Å². The average molecular weight is 244 g/mol. The standard InChI is InChI=1S/C12H18ClNS/c1-3-7-14-12(9-15-2)10-5-4-6-11(13)8-10/h4-6,8,12,14H,3,7,9H2,1-2H3. The number of hydrogen-bond acceptors (Lipinski definition) is 2. The van der Waals surface area contributed by atoms with E-state index in [-0.39, 0.29) is 0 Å². The lowest BCUT2D eigenvalue weighted by atomic mass is 10.1. The summed E-state index contributed by atoms with van der Waals surface area (Å²) in [4.78, 5) is 0. The van der Waals surface area contributed by atoms with Crippen LogP contribution >= 0.6 is 23.4 Å². The number of thioether (sulfide) groups is 1. The maximum atomic E-state index is 5.99. The minimum absolute atomic E-state index is 0.415. The van der Waals surface area contributed by atoms with E-state index in [1.807, 2.05) is 30.0 Å². The Kier molecular flexibility index (Phi) is 6.15. The number of hydrogen-bond donors (Lipinski definition) is 1. The largest absolute Gasteiger partial charge is 0.309 e. The van der Waals surface area contributed by atoms with Gasteiger partial charge in [0, 0.05) is 16.8 Å². The van der Waals surface area contributed by atoms with Gasteiger partial charge in [0.05, 0.1) is 0 Å². The van der Waals surface area contributed by atoms with Gasteiger partial charge in [-0.05, 0) is 36.9 Å². The van der Waals surface area contributed by atoms with Crippen molar-refractivity contribution in [2.24, 2.45) is 0 Å². The lowest BCUT2D eigenvalue weighted by Gasteiger charge is -2.18. The Labute approximate surface area is 102 Å². The van der Waals surface area contributed by atoms with Crippen LogP contribution in [0.2, 0.25) is 5.02 Å². The molecule has 1 unspecified atom stereocenters. The first-order valence-electron chi connectivity index (χ1n) is 5.25. The summed E-state index contributed by atoms with van der Waals surface area (Å²) in [5.74, 6) is 1.08. The molecule has 0 aliphatic heterocycles. The third kappa shape index (κ3) is 4.45. The fraction of sp³-hybridized carbons (Fsp3) is 0.500. The van der Waals surface area contributed by atoms with E-state index in [0.717, 1.165) is 23.7 Å². The summed E-state index contributed by atoms with van der Waals surface area (Å²) in [7, 11) is 0. The van der Waals surface area contributed by atoms with Gasteiger partial charge in [-0.1, -0.05) is 30.7 Å². The molecule has 0 heterocycles. The van der Waals surface area contributed by atoms with Crippen LogP contribution in [0.15, 0.2) is 24.3 Å². The summed E-state index contributed by atoms with van der Waals surface area (Å²) < 4.78 is 0. The lowest BCUT2D eigenvalue weighted by molar-refractivity contribution is 0.578. The van der Waals surface area contributed by atoms with Crippen LogP contribution in [-0.2, 0) is 0 Å². The summed E-state index contributed by atoms with van der Waals surface area (Å²) in [5, 5.41) is 4.35. The van der Waals surface area contributed by atoms with Crippen LogP contribution in [0.25, 0.3) is 0 Å². The quantitative estimate of drug-likeness (QED) is 0.817. The highest BCUT2D eigenvalue weighted by molar-refractivity contribution is 7.98. The second-order valence-corrected chi connectivity index (χ2v) is 4.86. The molecule has 0 aromatic heterocycles. The molecule has 1 aromatic rings. The fourth-order valence-electron chi connectivity index (χ4n) is 1.48. The Morgan fingerprint density at radius 1 is 1.47 bits per heavy atom. The SMILES string of the molecule is CCCNC(CSC)c1cccc(Cl)c1.